The van der Waals surface area contributed by atoms with Gasteiger partial charge in [0.1, 0.15) is 5.82 Å². The summed E-state index contributed by atoms with van der Waals surface area (Å²) < 4.78 is 15.6. The van der Waals surface area contributed by atoms with Crippen LogP contribution in [0.1, 0.15) is 25.5 Å². The summed E-state index contributed by atoms with van der Waals surface area (Å²) in [6.07, 6.45) is 0. The molecule has 0 aliphatic heterocycles. The Kier molecular flexibility index (Phi) is 3.83. The standard InChI is InChI=1S/C17H14BrFN2O/c1-10(2)16-15-13(7-4-8-14(15)18)17(22)21(20-16)12-6-3-5-11(19)9-12/h3-10H,1-2H3. The first-order chi connectivity index (χ1) is 10.5. The van der Waals surface area contributed by atoms with Crippen molar-refractivity contribution in [3.8, 4) is 5.69 Å². The minimum Gasteiger partial charge on any atom is -0.267 e. The summed E-state index contributed by atoms with van der Waals surface area (Å²) in [6, 6.07) is 11.4. The van der Waals surface area contributed by atoms with Crippen LogP contribution in [0.2, 0.25) is 0 Å². The molecule has 22 heavy (non-hydrogen) atoms. The maximum absolute atomic E-state index is 13.5. The molecule has 0 saturated carbocycles. The minimum absolute atomic E-state index is 0.126. The molecule has 1 aromatic heterocycles. The predicted molar refractivity (Wildman–Crippen MR) is 89.1 cm³/mol. The molecule has 112 valence electrons. The highest BCUT2D eigenvalue weighted by molar-refractivity contribution is 9.10. The molecule has 0 amide bonds. The third-order valence-corrected chi connectivity index (χ3v) is 4.16. The molecule has 0 radical (unpaired) electrons. The number of halogens is 2. The molecule has 0 aliphatic rings. The Labute approximate surface area is 135 Å². The van der Waals surface area contributed by atoms with E-state index in [0.717, 1.165) is 15.6 Å². The van der Waals surface area contributed by atoms with E-state index < -0.39 is 5.82 Å². The number of benzene rings is 2. The van der Waals surface area contributed by atoms with Crippen molar-refractivity contribution in [1.29, 1.82) is 0 Å². The monoisotopic (exact) mass is 360 g/mol. The molecule has 3 aromatic rings. The molecule has 3 nitrogen and oxygen atoms in total. The summed E-state index contributed by atoms with van der Waals surface area (Å²) in [5, 5.41) is 5.86. The molecule has 3 rings (SSSR count). The van der Waals surface area contributed by atoms with Crippen molar-refractivity contribution in [2.45, 2.75) is 19.8 Å². The first kappa shape index (κ1) is 14.9. The fraction of sp³-hybridized carbons (Fsp3) is 0.176. The summed E-state index contributed by atoms with van der Waals surface area (Å²) in [6.45, 7) is 4.03. The average Bonchev–Trinajstić information content (AvgIpc) is 2.48. The van der Waals surface area contributed by atoms with Crippen LogP contribution >= 0.6 is 15.9 Å². The van der Waals surface area contributed by atoms with E-state index in [1.807, 2.05) is 26.0 Å². The van der Waals surface area contributed by atoms with Crippen LogP contribution in [-0.2, 0) is 0 Å². The maximum atomic E-state index is 13.5. The number of fused-ring (bicyclic) bond motifs is 1. The number of aromatic nitrogens is 2. The molecule has 0 N–H and O–H groups in total. The van der Waals surface area contributed by atoms with E-state index in [2.05, 4.69) is 21.0 Å². The quantitative estimate of drug-likeness (QED) is 0.678. The second-order valence-electron chi connectivity index (χ2n) is 5.40. The third-order valence-electron chi connectivity index (χ3n) is 3.50. The smallest absolute Gasteiger partial charge is 0.267 e. The van der Waals surface area contributed by atoms with Gasteiger partial charge in [0.05, 0.1) is 16.8 Å². The van der Waals surface area contributed by atoms with Crippen LogP contribution in [0, 0.1) is 5.82 Å². The molecular formula is C17H14BrFN2O. The van der Waals surface area contributed by atoms with Crippen molar-refractivity contribution >= 4 is 26.7 Å². The number of hydrogen-bond donors (Lipinski definition) is 0. The summed E-state index contributed by atoms with van der Waals surface area (Å²) >= 11 is 3.49. The fourth-order valence-electron chi connectivity index (χ4n) is 2.47. The van der Waals surface area contributed by atoms with E-state index in [9.17, 15) is 9.18 Å². The number of hydrogen-bond acceptors (Lipinski definition) is 2. The zero-order valence-electron chi connectivity index (χ0n) is 12.2. The number of nitrogens with zero attached hydrogens (tertiary/aromatic N) is 2. The second-order valence-corrected chi connectivity index (χ2v) is 6.25. The summed E-state index contributed by atoms with van der Waals surface area (Å²) in [5.41, 5.74) is 0.964. The lowest BCUT2D eigenvalue weighted by atomic mass is 10.0. The van der Waals surface area contributed by atoms with Gasteiger partial charge in [0.25, 0.3) is 5.56 Å². The van der Waals surface area contributed by atoms with Gasteiger partial charge >= 0.3 is 0 Å². The summed E-state index contributed by atoms with van der Waals surface area (Å²) in [7, 11) is 0. The van der Waals surface area contributed by atoms with Crippen LogP contribution in [0.4, 0.5) is 4.39 Å². The van der Waals surface area contributed by atoms with Gasteiger partial charge < -0.3 is 0 Å². The van der Waals surface area contributed by atoms with Gasteiger partial charge in [-0.2, -0.15) is 9.78 Å². The van der Waals surface area contributed by atoms with Crippen molar-refractivity contribution in [3.63, 3.8) is 0 Å². The van der Waals surface area contributed by atoms with Crippen LogP contribution in [0.5, 0.6) is 0 Å². The Balaban J connectivity index is 2.43. The molecule has 0 unspecified atom stereocenters. The molecule has 0 fully saturated rings. The van der Waals surface area contributed by atoms with E-state index in [1.165, 1.54) is 16.8 Å². The van der Waals surface area contributed by atoms with Gasteiger partial charge in [-0.3, -0.25) is 4.79 Å². The Bertz CT molecular complexity index is 918. The summed E-state index contributed by atoms with van der Waals surface area (Å²) in [4.78, 5) is 12.7. The molecule has 5 heteroatoms. The van der Waals surface area contributed by atoms with Crippen LogP contribution in [-0.4, -0.2) is 9.78 Å². The Hall–Kier alpha value is -2.01. The minimum atomic E-state index is -0.397. The predicted octanol–water partition coefficient (Wildman–Crippen LogP) is 4.41. The van der Waals surface area contributed by atoms with Crippen LogP contribution < -0.4 is 5.56 Å². The zero-order valence-corrected chi connectivity index (χ0v) is 13.8. The summed E-state index contributed by atoms with van der Waals surface area (Å²) in [5.74, 6) is -0.270. The van der Waals surface area contributed by atoms with Crippen LogP contribution in [0.3, 0.4) is 0 Å². The molecule has 0 aliphatic carbocycles. The Morgan fingerprint density at radius 1 is 1.18 bits per heavy atom. The lowest BCUT2D eigenvalue weighted by Gasteiger charge is -2.14. The molecular weight excluding hydrogens is 347 g/mol. The van der Waals surface area contributed by atoms with E-state index in [0.29, 0.717) is 11.1 Å². The lowest BCUT2D eigenvalue weighted by molar-refractivity contribution is 0.623. The van der Waals surface area contributed by atoms with Crippen LogP contribution in [0.25, 0.3) is 16.5 Å². The van der Waals surface area contributed by atoms with Crippen molar-refractivity contribution in [2.24, 2.45) is 0 Å². The average molecular weight is 361 g/mol. The second kappa shape index (κ2) is 5.65. The molecule has 0 atom stereocenters. The van der Waals surface area contributed by atoms with Gasteiger partial charge in [0.2, 0.25) is 0 Å². The topological polar surface area (TPSA) is 34.9 Å². The number of rotatable bonds is 2. The first-order valence-corrected chi connectivity index (χ1v) is 7.75. The molecule has 0 saturated heterocycles. The SMILES string of the molecule is CC(C)c1nn(-c2cccc(F)c2)c(=O)c2cccc(Br)c12. The first-order valence-electron chi connectivity index (χ1n) is 6.96. The normalized spacial score (nSPS) is 11.3. The molecule has 0 spiro atoms. The van der Waals surface area contributed by atoms with Gasteiger partial charge in [-0.1, -0.05) is 41.9 Å². The largest absolute Gasteiger partial charge is 0.279 e. The fourth-order valence-corrected chi connectivity index (χ4v) is 3.04. The highest BCUT2D eigenvalue weighted by Gasteiger charge is 2.16. The third kappa shape index (κ3) is 2.46. The highest BCUT2D eigenvalue weighted by Crippen LogP contribution is 2.28. The van der Waals surface area contributed by atoms with Gasteiger partial charge in [-0.15, -0.1) is 0 Å². The van der Waals surface area contributed by atoms with Gasteiger partial charge in [-0.25, -0.2) is 4.39 Å². The van der Waals surface area contributed by atoms with E-state index in [1.54, 1.807) is 18.2 Å². The lowest BCUT2D eigenvalue weighted by Crippen LogP contribution is -2.23. The van der Waals surface area contributed by atoms with Crippen molar-refractivity contribution in [3.05, 3.63) is 68.8 Å². The van der Waals surface area contributed by atoms with Crippen molar-refractivity contribution in [2.75, 3.05) is 0 Å². The van der Waals surface area contributed by atoms with Crippen molar-refractivity contribution in [1.82, 2.24) is 9.78 Å². The van der Waals surface area contributed by atoms with Gasteiger partial charge in [-0.05, 0) is 36.2 Å². The molecule has 2 aromatic carbocycles. The molecule has 1 heterocycles. The van der Waals surface area contributed by atoms with Gasteiger partial charge in [0, 0.05) is 9.86 Å². The zero-order chi connectivity index (χ0) is 15.9. The highest BCUT2D eigenvalue weighted by atomic mass is 79.9. The maximum Gasteiger partial charge on any atom is 0.279 e. The van der Waals surface area contributed by atoms with E-state index in [4.69, 9.17) is 0 Å². The van der Waals surface area contributed by atoms with Crippen LogP contribution in [0.15, 0.2) is 51.7 Å². The van der Waals surface area contributed by atoms with E-state index in [-0.39, 0.29) is 11.5 Å². The van der Waals surface area contributed by atoms with E-state index >= 15 is 0 Å². The van der Waals surface area contributed by atoms with Crippen molar-refractivity contribution < 1.29 is 4.39 Å². The molecule has 0 bridgehead atoms. The Morgan fingerprint density at radius 3 is 2.59 bits per heavy atom. The van der Waals surface area contributed by atoms with Gasteiger partial charge in [0.15, 0.2) is 0 Å². The Morgan fingerprint density at radius 2 is 1.91 bits per heavy atom.